The van der Waals surface area contributed by atoms with Gasteiger partial charge < -0.3 is 9.80 Å². The molecule has 0 bridgehead atoms. The quantitative estimate of drug-likeness (QED) is 0.250. The minimum absolute atomic E-state index is 0.0432. The van der Waals surface area contributed by atoms with Gasteiger partial charge in [-0.3, -0.25) is 4.79 Å². The predicted molar refractivity (Wildman–Crippen MR) is 168 cm³/mol. The molecule has 1 aliphatic rings. The van der Waals surface area contributed by atoms with E-state index in [-0.39, 0.29) is 29.6 Å². The van der Waals surface area contributed by atoms with Gasteiger partial charge in [-0.2, -0.15) is 4.98 Å². The van der Waals surface area contributed by atoms with Gasteiger partial charge in [0.25, 0.3) is 0 Å². The van der Waals surface area contributed by atoms with Gasteiger partial charge in [0.2, 0.25) is 5.91 Å². The first-order valence-electron chi connectivity index (χ1n) is 14.0. The van der Waals surface area contributed by atoms with Crippen molar-refractivity contribution in [3.05, 3.63) is 81.6 Å². The molecule has 42 heavy (non-hydrogen) atoms. The molecule has 8 nitrogen and oxygen atoms in total. The second kappa shape index (κ2) is 11.6. The number of carbonyl (C=O) groups is 1. The predicted octanol–water partition coefficient (Wildman–Crippen LogP) is 6.20. The Hall–Kier alpha value is -4.18. The summed E-state index contributed by atoms with van der Waals surface area (Å²) in [6.45, 7) is 16.4. The number of allylic oxidation sites excluding steroid dienone is 1. The second-order valence-electron chi connectivity index (χ2n) is 11.3. The number of piperazine rings is 1. The minimum Gasteiger partial charge on any atom is -0.347 e. The second-order valence-corrected chi connectivity index (χ2v) is 12.1. The molecule has 5 rings (SSSR count). The van der Waals surface area contributed by atoms with Crippen LogP contribution in [0.4, 0.5) is 10.2 Å². The molecular weight excluding hydrogens is 551 g/mol. The number of benzene rings is 1. The van der Waals surface area contributed by atoms with Crippen LogP contribution in [0, 0.1) is 5.82 Å². The lowest BCUT2D eigenvalue weighted by Crippen LogP contribution is -2.58. The number of anilines is 1. The normalized spacial score (nSPS) is 17.1. The van der Waals surface area contributed by atoms with Crippen LogP contribution in [-0.2, 0) is 4.79 Å². The molecule has 2 atom stereocenters. The molecule has 4 aromatic rings. The molecule has 10 heteroatoms. The van der Waals surface area contributed by atoms with Gasteiger partial charge in [-0.1, -0.05) is 56.3 Å². The third-order valence-electron chi connectivity index (χ3n) is 7.44. The van der Waals surface area contributed by atoms with Crippen LogP contribution in [0.2, 0.25) is 0 Å². The fourth-order valence-corrected chi connectivity index (χ4v) is 6.63. The van der Waals surface area contributed by atoms with E-state index >= 15 is 4.39 Å². The van der Waals surface area contributed by atoms with Crippen molar-refractivity contribution >= 4 is 40.2 Å². The molecule has 0 aliphatic carbocycles. The van der Waals surface area contributed by atoms with Crippen molar-refractivity contribution < 1.29 is 9.18 Å². The molecule has 1 amide bonds. The summed E-state index contributed by atoms with van der Waals surface area (Å²) in [5, 5.41) is 1.03. The van der Waals surface area contributed by atoms with E-state index in [0.717, 1.165) is 16.8 Å². The first-order valence-corrected chi connectivity index (χ1v) is 14.9. The summed E-state index contributed by atoms with van der Waals surface area (Å²) in [7, 11) is 0. The molecule has 0 spiro atoms. The molecule has 3 aromatic heterocycles. The monoisotopic (exact) mass is 586 g/mol. The Morgan fingerprint density at radius 2 is 1.83 bits per heavy atom. The molecule has 0 radical (unpaired) electrons. The van der Waals surface area contributed by atoms with E-state index in [2.05, 4.69) is 16.5 Å². The van der Waals surface area contributed by atoms with E-state index in [4.69, 9.17) is 4.98 Å². The largest absolute Gasteiger partial charge is 0.356 e. The van der Waals surface area contributed by atoms with Crippen molar-refractivity contribution in [2.75, 3.05) is 18.0 Å². The van der Waals surface area contributed by atoms with E-state index < -0.39 is 11.5 Å². The Morgan fingerprint density at radius 3 is 2.48 bits per heavy atom. The number of carbonyl (C=O) groups excluding carboxylic acids is 1. The Labute approximate surface area is 248 Å². The van der Waals surface area contributed by atoms with Crippen molar-refractivity contribution in [1.29, 1.82) is 0 Å². The fourth-order valence-electron chi connectivity index (χ4n) is 5.69. The van der Waals surface area contributed by atoms with Gasteiger partial charge in [-0.05, 0) is 51.3 Å². The number of pyridine rings is 1. The molecule has 0 unspecified atom stereocenters. The van der Waals surface area contributed by atoms with Gasteiger partial charge in [0.1, 0.15) is 22.3 Å². The average Bonchev–Trinajstić information content (AvgIpc) is 3.42. The Balaban J connectivity index is 1.81. The summed E-state index contributed by atoms with van der Waals surface area (Å²) in [6.07, 6.45) is 3.29. The number of aromatic nitrogens is 4. The highest BCUT2D eigenvalue weighted by molar-refractivity contribution is 7.12. The zero-order valence-corrected chi connectivity index (χ0v) is 25.6. The van der Waals surface area contributed by atoms with Crippen LogP contribution in [0.15, 0.2) is 58.9 Å². The topological polar surface area (TPSA) is 84.2 Å². The molecule has 1 saturated heterocycles. The molecule has 0 saturated carbocycles. The van der Waals surface area contributed by atoms with E-state index in [9.17, 15) is 9.59 Å². The van der Waals surface area contributed by atoms with Crippen LogP contribution < -0.4 is 10.6 Å². The van der Waals surface area contributed by atoms with Crippen LogP contribution in [0.1, 0.15) is 58.7 Å². The van der Waals surface area contributed by atoms with Gasteiger partial charge in [0, 0.05) is 30.7 Å². The van der Waals surface area contributed by atoms with E-state index in [0.29, 0.717) is 40.5 Å². The van der Waals surface area contributed by atoms with Crippen molar-refractivity contribution in [2.45, 2.75) is 59.5 Å². The van der Waals surface area contributed by atoms with Gasteiger partial charge in [-0.25, -0.2) is 23.7 Å². The lowest BCUT2D eigenvalue weighted by molar-refractivity contribution is -0.127. The van der Waals surface area contributed by atoms with Crippen LogP contribution in [0.5, 0.6) is 0 Å². The van der Waals surface area contributed by atoms with Crippen molar-refractivity contribution in [3.63, 3.8) is 0 Å². The first kappa shape index (κ1) is 29.3. The van der Waals surface area contributed by atoms with Crippen molar-refractivity contribution in [1.82, 2.24) is 24.4 Å². The molecule has 218 valence electrons. The van der Waals surface area contributed by atoms with Crippen molar-refractivity contribution in [2.24, 2.45) is 0 Å². The standard InChI is InChI=1S/C32H35FN6O2S/c1-8-26(40)37-15-20(6)38(21(7)16-37)30-24-14-25(33)28(23-12-10-9-11-22(23)13-18(2)3)35-29(24)39(32(41)36-30)31-27(19(4)5)34-17-42-31/h8-14,17,19-21H,1,15-16H2,2-7H3/t20-,21-/m0/s1. The number of hydrogen-bond acceptors (Lipinski definition) is 7. The zero-order chi connectivity index (χ0) is 30.3. The van der Waals surface area contributed by atoms with Crippen molar-refractivity contribution in [3.8, 4) is 16.3 Å². The maximum Gasteiger partial charge on any atom is 0.356 e. The fraction of sp³-hybridized carbons (Fsp3) is 0.344. The van der Waals surface area contributed by atoms with E-state index in [1.54, 1.807) is 10.4 Å². The number of nitrogens with zero attached hydrogens (tertiary/aromatic N) is 6. The average molecular weight is 587 g/mol. The molecule has 1 aromatic carbocycles. The number of hydrogen-bond donors (Lipinski definition) is 0. The highest BCUT2D eigenvalue weighted by atomic mass is 32.1. The minimum atomic E-state index is -0.518. The van der Waals surface area contributed by atoms with Crippen LogP contribution in [-0.4, -0.2) is 55.5 Å². The third kappa shape index (κ3) is 5.27. The zero-order valence-electron chi connectivity index (χ0n) is 24.8. The van der Waals surface area contributed by atoms with E-state index in [1.807, 2.05) is 76.8 Å². The maximum atomic E-state index is 16.2. The Morgan fingerprint density at radius 1 is 1.14 bits per heavy atom. The molecular formula is C32H35FN6O2S. The van der Waals surface area contributed by atoms with Crippen LogP contribution in [0.25, 0.3) is 33.4 Å². The number of halogens is 1. The highest BCUT2D eigenvalue weighted by Gasteiger charge is 2.34. The number of rotatable bonds is 6. The lowest BCUT2D eigenvalue weighted by atomic mass is 10.0. The number of thiazole rings is 1. The number of amides is 1. The summed E-state index contributed by atoms with van der Waals surface area (Å²) in [5.41, 5.74) is 4.91. The van der Waals surface area contributed by atoms with Crippen LogP contribution >= 0.6 is 11.3 Å². The molecule has 0 N–H and O–H groups in total. The molecule has 1 fully saturated rings. The Kier molecular flexibility index (Phi) is 8.10. The van der Waals surface area contributed by atoms with E-state index in [1.165, 1.54) is 28.0 Å². The van der Waals surface area contributed by atoms with Gasteiger partial charge in [0.15, 0.2) is 5.65 Å². The Bertz CT molecular complexity index is 1760. The van der Waals surface area contributed by atoms with Gasteiger partial charge in [0.05, 0.1) is 16.6 Å². The molecule has 1 aliphatic heterocycles. The van der Waals surface area contributed by atoms with Gasteiger partial charge >= 0.3 is 5.69 Å². The lowest BCUT2D eigenvalue weighted by Gasteiger charge is -2.45. The smallest absolute Gasteiger partial charge is 0.347 e. The summed E-state index contributed by atoms with van der Waals surface area (Å²) < 4.78 is 17.6. The SMILES string of the molecule is C=CC(=O)N1C[C@H](C)N(c2nc(=O)n(-c3scnc3C(C)C)c3nc(-c4ccccc4C=C(C)C)c(F)cc23)[C@@H](C)C1. The van der Waals surface area contributed by atoms with Crippen LogP contribution in [0.3, 0.4) is 0 Å². The summed E-state index contributed by atoms with van der Waals surface area (Å²) in [4.78, 5) is 44.0. The first-order chi connectivity index (χ1) is 20.0. The highest BCUT2D eigenvalue weighted by Crippen LogP contribution is 2.35. The summed E-state index contributed by atoms with van der Waals surface area (Å²) >= 11 is 1.33. The molecule has 4 heterocycles. The number of fused-ring (bicyclic) bond motifs is 1. The summed E-state index contributed by atoms with van der Waals surface area (Å²) in [6, 6.07) is 8.56. The maximum absolute atomic E-state index is 16.2. The third-order valence-corrected chi connectivity index (χ3v) is 8.26. The van der Waals surface area contributed by atoms with Gasteiger partial charge in [-0.15, -0.1) is 11.3 Å². The summed E-state index contributed by atoms with van der Waals surface area (Å²) in [5.74, 6) is -0.273.